The summed E-state index contributed by atoms with van der Waals surface area (Å²) in [6.07, 6.45) is 1.09. The highest BCUT2D eigenvalue weighted by Gasteiger charge is 2.31. The first-order chi connectivity index (χ1) is 4.74. The molecule has 0 bridgehead atoms. The van der Waals surface area contributed by atoms with Crippen LogP contribution in [0.3, 0.4) is 0 Å². The maximum absolute atomic E-state index is 10.2. The van der Waals surface area contributed by atoms with Crippen LogP contribution in [0.4, 0.5) is 0 Å². The number of carbonyl (C=O) groups is 1. The highest BCUT2D eigenvalue weighted by Crippen LogP contribution is 2.24. The van der Waals surface area contributed by atoms with E-state index < -0.39 is 5.97 Å². The largest absolute Gasteiger partial charge is 0.481 e. The molecule has 4 nitrogen and oxygen atoms in total. The van der Waals surface area contributed by atoms with Crippen molar-refractivity contribution in [2.24, 2.45) is 11.1 Å². The summed E-state index contributed by atoms with van der Waals surface area (Å²) in [5.74, 6) is -0.969. The van der Waals surface area contributed by atoms with Gasteiger partial charge in [0.1, 0.15) is 7.11 Å². The first kappa shape index (κ1) is 7.05. The van der Waals surface area contributed by atoms with E-state index in [1.54, 1.807) is 0 Å². The lowest BCUT2D eigenvalue weighted by molar-refractivity contribution is -0.142. The molecule has 0 aromatic carbocycles. The van der Waals surface area contributed by atoms with Crippen molar-refractivity contribution in [3.63, 3.8) is 0 Å². The Morgan fingerprint density at radius 2 is 2.40 bits per heavy atom. The Morgan fingerprint density at radius 3 is 2.80 bits per heavy atom. The first-order valence-electron chi connectivity index (χ1n) is 3.05. The van der Waals surface area contributed by atoms with Gasteiger partial charge in [-0.3, -0.25) is 4.79 Å². The van der Waals surface area contributed by atoms with Crippen LogP contribution in [0.15, 0.2) is 5.16 Å². The molecule has 1 saturated carbocycles. The van der Waals surface area contributed by atoms with Crippen LogP contribution in [0, 0.1) is 5.92 Å². The number of carboxylic acids is 1. The van der Waals surface area contributed by atoms with Crippen LogP contribution < -0.4 is 0 Å². The number of carboxylic acid groups (broad SMARTS) is 1. The van der Waals surface area contributed by atoms with Gasteiger partial charge in [-0.25, -0.2) is 0 Å². The monoisotopic (exact) mass is 143 g/mol. The van der Waals surface area contributed by atoms with Crippen molar-refractivity contribution >= 4 is 11.7 Å². The quantitative estimate of drug-likeness (QED) is 0.572. The van der Waals surface area contributed by atoms with E-state index in [1.165, 1.54) is 7.11 Å². The Balaban J connectivity index is 2.30. The third-order valence-corrected chi connectivity index (χ3v) is 1.53. The average Bonchev–Trinajstić information content (AvgIpc) is 1.76. The second-order valence-corrected chi connectivity index (χ2v) is 2.28. The summed E-state index contributed by atoms with van der Waals surface area (Å²) in [6.45, 7) is 0. The fourth-order valence-corrected chi connectivity index (χ4v) is 0.887. The summed E-state index contributed by atoms with van der Waals surface area (Å²) in [5, 5.41) is 12.0. The van der Waals surface area contributed by atoms with Crippen molar-refractivity contribution in [2.75, 3.05) is 7.11 Å². The maximum Gasteiger partial charge on any atom is 0.307 e. The van der Waals surface area contributed by atoms with Crippen LogP contribution in [0.5, 0.6) is 0 Å². The SMILES string of the molecule is CON=C1CC(C(=O)O)C1. The van der Waals surface area contributed by atoms with E-state index in [-0.39, 0.29) is 5.92 Å². The van der Waals surface area contributed by atoms with Gasteiger partial charge in [0, 0.05) is 12.8 Å². The minimum Gasteiger partial charge on any atom is -0.481 e. The summed E-state index contributed by atoms with van der Waals surface area (Å²) < 4.78 is 0. The Hall–Kier alpha value is -1.06. The zero-order valence-electron chi connectivity index (χ0n) is 5.70. The Bertz CT molecular complexity index is 168. The van der Waals surface area contributed by atoms with Crippen LogP contribution in [0.1, 0.15) is 12.8 Å². The molecule has 0 aliphatic heterocycles. The molecule has 10 heavy (non-hydrogen) atoms. The number of hydrogen-bond acceptors (Lipinski definition) is 3. The minimum atomic E-state index is -0.741. The van der Waals surface area contributed by atoms with Crippen LogP contribution in [-0.4, -0.2) is 23.9 Å². The average molecular weight is 143 g/mol. The highest BCUT2D eigenvalue weighted by atomic mass is 16.6. The molecule has 0 saturated heterocycles. The smallest absolute Gasteiger partial charge is 0.307 e. The van der Waals surface area contributed by atoms with Gasteiger partial charge in [0.15, 0.2) is 0 Å². The fourth-order valence-electron chi connectivity index (χ4n) is 0.887. The highest BCUT2D eigenvalue weighted by molar-refractivity contribution is 5.97. The number of hydrogen-bond donors (Lipinski definition) is 1. The number of oxime groups is 1. The predicted molar refractivity (Wildman–Crippen MR) is 34.8 cm³/mol. The molecule has 0 aromatic heterocycles. The van der Waals surface area contributed by atoms with E-state index in [1.807, 2.05) is 0 Å². The molecule has 1 fully saturated rings. The summed E-state index contributed by atoms with van der Waals surface area (Å²) in [4.78, 5) is 14.7. The minimum absolute atomic E-state index is 0.228. The molecular formula is C6H9NO3. The molecule has 0 spiro atoms. The summed E-state index contributed by atoms with van der Waals surface area (Å²) >= 11 is 0. The van der Waals surface area contributed by atoms with E-state index >= 15 is 0 Å². The molecule has 0 atom stereocenters. The number of aliphatic carboxylic acids is 1. The molecule has 0 aromatic rings. The van der Waals surface area contributed by atoms with Crippen LogP contribution in [-0.2, 0) is 9.63 Å². The van der Waals surface area contributed by atoms with E-state index in [4.69, 9.17) is 5.11 Å². The van der Waals surface area contributed by atoms with Gasteiger partial charge in [-0.05, 0) is 0 Å². The Kier molecular flexibility index (Phi) is 1.89. The fraction of sp³-hybridized carbons (Fsp3) is 0.667. The molecule has 56 valence electrons. The number of rotatable bonds is 2. The van der Waals surface area contributed by atoms with Crippen molar-refractivity contribution in [2.45, 2.75) is 12.8 Å². The van der Waals surface area contributed by atoms with E-state index in [9.17, 15) is 4.79 Å². The molecule has 1 N–H and O–H groups in total. The van der Waals surface area contributed by atoms with Crippen molar-refractivity contribution in [3.05, 3.63) is 0 Å². The molecule has 4 heteroatoms. The second-order valence-electron chi connectivity index (χ2n) is 2.28. The summed E-state index contributed by atoms with van der Waals surface area (Å²) in [7, 11) is 1.46. The van der Waals surface area contributed by atoms with E-state index in [2.05, 4.69) is 9.99 Å². The predicted octanol–water partition coefficient (Wildman–Crippen LogP) is 0.483. The van der Waals surface area contributed by atoms with Gasteiger partial charge in [0.2, 0.25) is 0 Å². The molecule has 1 rings (SSSR count). The standard InChI is InChI=1S/C6H9NO3/c1-10-7-5-2-4(3-5)6(8)9/h4H,2-3H2,1H3,(H,8,9). The van der Waals surface area contributed by atoms with Gasteiger partial charge >= 0.3 is 5.97 Å². The van der Waals surface area contributed by atoms with Gasteiger partial charge in [0.25, 0.3) is 0 Å². The van der Waals surface area contributed by atoms with Gasteiger partial charge in [-0.15, -0.1) is 0 Å². The van der Waals surface area contributed by atoms with Crippen molar-refractivity contribution in [1.82, 2.24) is 0 Å². The van der Waals surface area contributed by atoms with Crippen LogP contribution >= 0.6 is 0 Å². The molecular weight excluding hydrogens is 134 g/mol. The second kappa shape index (κ2) is 2.68. The van der Waals surface area contributed by atoms with Crippen molar-refractivity contribution in [3.8, 4) is 0 Å². The third kappa shape index (κ3) is 1.26. The first-order valence-corrected chi connectivity index (χ1v) is 3.05. The Morgan fingerprint density at radius 1 is 1.80 bits per heavy atom. The zero-order valence-corrected chi connectivity index (χ0v) is 5.70. The molecule has 0 heterocycles. The number of nitrogens with zero attached hydrogens (tertiary/aromatic N) is 1. The normalized spacial score (nSPS) is 23.3. The molecule has 1 aliphatic rings. The van der Waals surface area contributed by atoms with E-state index in [0.29, 0.717) is 12.8 Å². The topological polar surface area (TPSA) is 58.9 Å². The summed E-state index contributed by atoms with van der Waals surface area (Å²) in [6, 6.07) is 0. The maximum atomic E-state index is 10.2. The lowest BCUT2D eigenvalue weighted by Crippen LogP contribution is -2.30. The van der Waals surface area contributed by atoms with Crippen LogP contribution in [0.2, 0.25) is 0 Å². The molecule has 0 amide bonds. The van der Waals surface area contributed by atoms with Crippen LogP contribution in [0.25, 0.3) is 0 Å². The van der Waals surface area contributed by atoms with Crippen molar-refractivity contribution < 1.29 is 14.7 Å². The summed E-state index contributed by atoms with van der Waals surface area (Å²) in [5.41, 5.74) is 0.842. The van der Waals surface area contributed by atoms with E-state index in [0.717, 1.165) is 5.71 Å². The zero-order chi connectivity index (χ0) is 7.56. The van der Waals surface area contributed by atoms with Gasteiger partial charge in [-0.1, -0.05) is 5.16 Å². The van der Waals surface area contributed by atoms with Gasteiger partial charge in [-0.2, -0.15) is 0 Å². The van der Waals surface area contributed by atoms with Gasteiger partial charge in [0.05, 0.1) is 11.6 Å². The van der Waals surface area contributed by atoms with Gasteiger partial charge < -0.3 is 9.94 Å². The third-order valence-electron chi connectivity index (χ3n) is 1.53. The lowest BCUT2D eigenvalue weighted by atomic mass is 9.83. The molecule has 1 aliphatic carbocycles. The molecule has 0 radical (unpaired) electrons. The van der Waals surface area contributed by atoms with Crippen molar-refractivity contribution in [1.29, 1.82) is 0 Å². The lowest BCUT2D eigenvalue weighted by Gasteiger charge is -2.22. The molecule has 0 unspecified atom stereocenters. The Labute approximate surface area is 58.5 Å².